The number of aryl methyl sites for hydroxylation is 1. The molecule has 108 valence electrons. The van der Waals surface area contributed by atoms with E-state index in [1.807, 2.05) is 6.92 Å². The lowest BCUT2D eigenvalue weighted by atomic mass is 10.3. The van der Waals surface area contributed by atoms with Gasteiger partial charge in [-0.2, -0.15) is 18.3 Å². The maximum Gasteiger partial charge on any atom is 0.419 e. The quantitative estimate of drug-likeness (QED) is 0.664. The van der Waals surface area contributed by atoms with Gasteiger partial charge in [-0.25, -0.2) is 20.5 Å². The van der Waals surface area contributed by atoms with Crippen molar-refractivity contribution in [3.63, 3.8) is 0 Å². The Balaban J connectivity index is 2.54. The molecule has 0 aliphatic carbocycles. The summed E-state index contributed by atoms with van der Waals surface area (Å²) in [4.78, 5) is 8.33. The number of halogens is 3. The summed E-state index contributed by atoms with van der Waals surface area (Å²) in [6.45, 7) is 3.48. The molecule has 0 saturated carbocycles. The molecule has 0 fully saturated rings. The topological polar surface area (TPSA) is 81.6 Å². The van der Waals surface area contributed by atoms with Crippen molar-refractivity contribution in [1.29, 1.82) is 0 Å². The van der Waals surface area contributed by atoms with Crippen molar-refractivity contribution in [3.8, 4) is 5.82 Å². The van der Waals surface area contributed by atoms with E-state index >= 15 is 0 Å². The highest BCUT2D eigenvalue weighted by molar-refractivity contribution is 5.50. The zero-order chi connectivity index (χ0) is 14.9. The normalized spacial score (nSPS) is 11.7. The maximum absolute atomic E-state index is 12.6. The van der Waals surface area contributed by atoms with Gasteiger partial charge in [0.15, 0.2) is 5.82 Å². The number of hydrogen-bond acceptors (Lipinski definition) is 5. The van der Waals surface area contributed by atoms with Crippen molar-refractivity contribution in [2.24, 2.45) is 5.84 Å². The number of rotatable bonds is 3. The van der Waals surface area contributed by atoms with Crippen LogP contribution in [0.1, 0.15) is 23.9 Å². The van der Waals surface area contributed by atoms with Crippen LogP contribution in [-0.4, -0.2) is 19.7 Å². The fourth-order valence-electron chi connectivity index (χ4n) is 1.66. The maximum atomic E-state index is 12.6. The third kappa shape index (κ3) is 2.57. The van der Waals surface area contributed by atoms with Gasteiger partial charge >= 0.3 is 6.18 Å². The van der Waals surface area contributed by atoms with E-state index in [9.17, 15) is 13.2 Å². The number of nitrogens with two attached hydrogens (primary N) is 1. The van der Waals surface area contributed by atoms with Gasteiger partial charge < -0.3 is 5.43 Å². The van der Waals surface area contributed by atoms with Crippen molar-refractivity contribution in [2.75, 3.05) is 5.43 Å². The number of nitrogen functional groups attached to an aromatic ring is 1. The van der Waals surface area contributed by atoms with Crippen LogP contribution < -0.4 is 11.3 Å². The Morgan fingerprint density at radius 2 is 2.05 bits per heavy atom. The van der Waals surface area contributed by atoms with E-state index in [2.05, 4.69) is 20.5 Å². The van der Waals surface area contributed by atoms with Crippen LogP contribution >= 0.6 is 0 Å². The van der Waals surface area contributed by atoms with Gasteiger partial charge in [-0.1, -0.05) is 6.92 Å². The highest BCUT2D eigenvalue weighted by Crippen LogP contribution is 2.29. The largest absolute Gasteiger partial charge is 0.419 e. The van der Waals surface area contributed by atoms with E-state index in [0.29, 0.717) is 23.6 Å². The molecule has 0 radical (unpaired) electrons. The molecule has 0 amide bonds. The Hall–Kier alpha value is -2.16. The Labute approximate surface area is 112 Å². The van der Waals surface area contributed by atoms with Gasteiger partial charge in [0.1, 0.15) is 11.6 Å². The van der Waals surface area contributed by atoms with E-state index in [-0.39, 0.29) is 5.82 Å². The summed E-state index contributed by atoms with van der Waals surface area (Å²) in [5.74, 6) is 6.43. The highest BCUT2D eigenvalue weighted by Gasteiger charge is 2.32. The smallest absolute Gasteiger partial charge is 0.308 e. The Kier molecular flexibility index (Phi) is 3.62. The van der Waals surface area contributed by atoms with Crippen LogP contribution in [0.15, 0.2) is 12.4 Å². The molecule has 2 aromatic rings. The van der Waals surface area contributed by atoms with Crippen molar-refractivity contribution in [1.82, 2.24) is 19.7 Å². The fourth-order valence-corrected chi connectivity index (χ4v) is 1.66. The molecule has 0 atom stereocenters. The molecule has 0 bridgehead atoms. The first-order valence-electron chi connectivity index (χ1n) is 5.83. The number of alkyl halides is 3. The first-order valence-corrected chi connectivity index (χ1v) is 5.83. The molecule has 0 spiro atoms. The third-order valence-corrected chi connectivity index (χ3v) is 2.75. The van der Waals surface area contributed by atoms with Crippen molar-refractivity contribution in [2.45, 2.75) is 26.4 Å². The first kappa shape index (κ1) is 14.3. The van der Waals surface area contributed by atoms with Gasteiger partial charge in [0.25, 0.3) is 0 Å². The van der Waals surface area contributed by atoms with E-state index in [4.69, 9.17) is 5.84 Å². The Morgan fingerprint density at radius 1 is 1.35 bits per heavy atom. The van der Waals surface area contributed by atoms with E-state index in [1.54, 1.807) is 6.92 Å². The average Bonchev–Trinajstić information content (AvgIpc) is 2.88. The van der Waals surface area contributed by atoms with Crippen LogP contribution in [0, 0.1) is 6.92 Å². The molecule has 0 aliphatic heterocycles. The average molecular weight is 286 g/mol. The standard InChI is InChI=1S/C11H13F3N6/c1-3-8-17-9(19-15)6(2)10(18-8)20-5-7(4-16-20)11(12,13)14/h4-5H,3,15H2,1-2H3,(H,17,18,19). The number of aromatic nitrogens is 4. The van der Waals surface area contributed by atoms with Gasteiger partial charge in [0.05, 0.1) is 11.8 Å². The van der Waals surface area contributed by atoms with Crippen LogP contribution in [0.2, 0.25) is 0 Å². The summed E-state index contributed by atoms with van der Waals surface area (Å²) in [5, 5.41) is 3.70. The molecule has 2 rings (SSSR count). The predicted molar refractivity (Wildman–Crippen MR) is 66.1 cm³/mol. The monoisotopic (exact) mass is 286 g/mol. The molecule has 9 heteroatoms. The van der Waals surface area contributed by atoms with Crippen molar-refractivity contribution < 1.29 is 13.2 Å². The summed E-state index contributed by atoms with van der Waals surface area (Å²) in [7, 11) is 0. The second kappa shape index (κ2) is 5.08. The summed E-state index contributed by atoms with van der Waals surface area (Å²) in [6.07, 6.45) is -2.28. The number of hydrazine groups is 1. The molecule has 0 saturated heterocycles. The minimum Gasteiger partial charge on any atom is -0.308 e. The minimum atomic E-state index is -4.44. The number of nitrogens with one attached hydrogen (secondary N) is 1. The summed E-state index contributed by atoms with van der Waals surface area (Å²) in [6, 6.07) is 0. The van der Waals surface area contributed by atoms with Gasteiger partial charge in [-0.3, -0.25) is 0 Å². The van der Waals surface area contributed by atoms with E-state index in [0.717, 1.165) is 17.1 Å². The summed E-state index contributed by atoms with van der Waals surface area (Å²) < 4.78 is 38.8. The molecule has 6 nitrogen and oxygen atoms in total. The number of hydrogen-bond donors (Lipinski definition) is 2. The Bertz CT molecular complexity index is 619. The zero-order valence-electron chi connectivity index (χ0n) is 10.9. The minimum absolute atomic E-state index is 0.264. The van der Waals surface area contributed by atoms with Gasteiger partial charge in [0, 0.05) is 18.2 Å². The molecule has 3 N–H and O–H groups in total. The highest BCUT2D eigenvalue weighted by atomic mass is 19.4. The zero-order valence-corrected chi connectivity index (χ0v) is 10.9. The number of nitrogens with zero attached hydrogens (tertiary/aromatic N) is 4. The summed E-state index contributed by atoms with van der Waals surface area (Å²) >= 11 is 0. The molecular formula is C11H13F3N6. The molecule has 2 aromatic heterocycles. The van der Waals surface area contributed by atoms with Gasteiger partial charge in [0.2, 0.25) is 0 Å². The van der Waals surface area contributed by atoms with E-state index < -0.39 is 11.7 Å². The van der Waals surface area contributed by atoms with Crippen LogP contribution in [0.3, 0.4) is 0 Å². The summed E-state index contributed by atoms with van der Waals surface area (Å²) in [5.41, 5.74) is 2.08. The van der Waals surface area contributed by atoms with Crippen LogP contribution in [0.25, 0.3) is 5.82 Å². The predicted octanol–water partition coefficient (Wildman–Crippen LogP) is 1.84. The molecule has 0 aliphatic rings. The molecule has 20 heavy (non-hydrogen) atoms. The molecular weight excluding hydrogens is 273 g/mol. The SMILES string of the molecule is CCc1nc(NN)c(C)c(-n2cc(C(F)(F)F)cn2)n1. The van der Waals surface area contributed by atoms with Gasteiger partial charge in [-0.05, 0) is 6.92 Å². The second-order valence-electron chi connectivity index (χ2n) is 4.11. The van der Waals surface area contributed by atoms with Crippen LogP contribution in [0.4, 0.5) is 19.0 Å². The first-order chi connectivity index (χ1) is 9.36. The van der Waals surface area contributed by atoms with Crippen LogP contribution in [0.5, 0.6) is 0 Å². The molecule has 0 unspecified atom stereocenters. The van der Waals surface area contributed by atoms with Gasteiger partial charge in [-0.15, -0.1) is 0 Å². The lowest BCUT2D eigenvalue weighted by Crippen LogP contribution is -2.15. The lowest BCUT2D eigenvalue weighted by molar-refractivity contribution is -0.137. The Morgan fingerprint density at radius 3 is 2.55 bits per heavy atom. The molecule has 0 aromatic carbocycles. The number of anilines is 1. The fraction of sp³-hybridized carbons (Fsp3) is 0.364. The van der Waals surface area contributed by atoms with Crippen LogP contribution in [-0.2, 0) is 12.6 Å². The lowest BCUT2D eigenvalue weighted by Gasteiger charge is -2.11. The molecule has 2 heterocycles. The third-order valence-electron chi connectivity index (χ3n) is 2.75. The second-order valence-corrected chi connectivity index (χ2v) is 4.11. The van der Waals surface area contributed by atoms with Crippen molar-refractivity contribution in [3.05, 3.63) is 29.3 Å². The van der Waals surface area contributed by atoms with E-state index in [1.165, 1.54) is 0 Å². The van der Waals surface area contributed by atoms with Crippen molar-refractivity contribution >= 4 is 5.82 Å².